The van der Waals surface area contributed by atoms with Crippen molar-refractivity contribution in [3.8, 4) is 5.75 Å². The van der Waals surface area contributed by atoms with Gasteiger partial charge in [-0.05, 0) is 54.7 Å². The fourth-order valence-electron chi connectivity index (χ4n) is 5.49. The Balaban J connectivity index is 1.59. The summed E-state index contributed by atoms with van der Waals surface area (Å²) in [5.41, 5.74) is 2.36. The Morgan fingerprint density at radius 3 is 2.21 bits per heavy atom. The molecule has 0 radical (unpaired) electrons. The summed E-state index contributed by atoms with van der Waals surface area (Å²) in [7, 11) is -1.95. The zero-order valence-corrected chi connectivity index (χ0v) is 25.3. The first kappa shape index (κ1) is 31.1. The van der Waals surface area contributed by atoms with Crippen molar-refractivity contribution in [2.45, 2.75) is 63.6 Å². The van der Waals surface area contributed by atoms with Gasteiger partial charge in [0.1, 0.15) is 11.8 Å². The van der Waals surface area contributed by atoms with Crippen LogP contribution in [0, 0.1) is 0 Å². The number of benzene rings is 3. The lowest BCUT2D eigenvalue weighted by Gasteiger charge is -2.33. The average molecular weight is 592 g/mol. The molecule has 0 unspecified atom stereocenters. The lowest BCUT2D eigenvalue weighted by Crippen LogP contribution is -2.52. The van der Waals surface area contributed by atoms with Crippen molar-refractivity contribution in [3.63, 3.8) is 0 Å². The van der Waals surface area contributed by atoms with Crippen LogP contribution in [0.1, 0.15) is 49.7 Å². The van der Waals surface area contributed by atoms with Crippen LogP contribution in [0.15, 0.2) is 84.9 Å². The van der Waals surface area contributed by atoms with E-state index >= 15 is 0 Å². The molecular weight excluding hydrogens is 550 g/mol. The SMILES string of the molecule is COc1cccc(CN(C(=O)CCCN(c2ccccc2)S(C)(=O)=O)[C@H](Cc2ccccc2)C(=O)NC2CCCC2)c1. The van der Waals surface area contributed by atoms with Crippen LogP contribution in [0.3, 0.4) is 0 Å². The van der Waals surface area contributed by atoms with E-state index in [2.05, 4.69) is 5.32 Å². The summed E-state index contributed by atoms with van der Waals surface area (Å²) >= 11 is 0. The maximum absolute atomic E-state index is 14.0. The molecule has 1 N–H and O–H groups in total. The molecule has 0 aliphatic heterocycles. The third-order valence-electron chi connectivity index (χ3n) is 7.66. The molecule has 8 nitrogen and oxygen atoms in total. The maximum Gasteiger partial charge on any atom is 0.243 e. The van der Waals surface area contributed by atoms with Gasteiger partial charge in [0.25, 0.3) is 0 Å². The zero-order chi connectivity index (χ0) is 30.0. The molecule has 1 aliphatic carbocycles. The van der Waals surface area contributed by atoms with Crippen molar-refractivity contribution >= 4 is 27.5 Å². The number of para-hydroxylation sites is 1. The lowest BCUT2D eigenvalue weighted by molar-refractivity contribution is -0.141. The Bertz CT molecular complexity index is 1410. The molecule has 0 heterocycles. The molecule has 3 aromatic carbocycles. The Morgan fingerprint density at radius 2 is 1.57 bits per heavy atom. The van der Waals surface area contributed by atoms with Gasteiger partial charge in [0.15, 0.2) is 0 Å². The number of methoxy groups -OCH3 is 1. The van der Waals surface area contributed by atoms with Crippen LogP contribution in [0.25, 0.3) is 0 Å². The second-order valence-corrected chi connectivity index (χ2v) is 12.7. The summed E-state index contributed by atoms with van der Waals surface area (Å²) in [5.74, 6) is 0.299. The summed E-state index contributed by atoms with van der Waals surface area (Å²) in [6, 6.07) is 25.5. The third kappa shape index (κ3) is 8.82. The van der Waals surface area contributed by atoms with E-state index in [0.717, 1.165) is 36.8 Å². The van der Waals surface area contributed by atoms with Gasteiger partial charge in [-0.3, -0.25) is 13.9 Å². The van der Waals surface area contributed by atoms with Gasteiger partial charge in [-0.1, -0.05) is 73.5 Å². The molecule has 4 rings (SSSR count). The normalized spacial score (nSPS) is 14.2. The molecule has 1 saturated carbocycles. The van der Waals surface area contributed by atoms with E-state index in [1.165, 1.54) is 10.6 Å². The highest BCUT2D eigenvalue weighted by atomic mass is 32.2. The van der Waals surface area contributed by atoms with Crippen LogP contribution in [0.4, 0.5) is 5.69 Å². The topological polar surface area (TPSA) is 96.0 Å². The highest BCUT2D eigenvalue weighted by Crippen LogP contribution is 2.23. The van der Waals surface area contributed by atoms with E-state index in [9.17, 15) is 18.0 Å². The Morgan fingerprint density at radius 1 is 0.929 bits per heavy atom. The molecule has 0 spiro atoms. The largest absolute Gasteiger partial charge is 0.497 e. The van der Waals surface area contributed by atoms with E-state index in [-0.39, 0.29) is 37.4 Å². The van der Waals surface area contributed by atoms with Gasteiger partial charge < -0.3 is 15.0 Å². The quantitative estimate of drug-likeness (QED) is 0.287. The molecule has 224 valence electrons. The molecule has 1 atom stereocenters. The number of ether oxygens (including phenoxy) is 1. The number of hydrogen-bond acceptors (Lipinski definition) is 5. The van der Waals surface area contributed by atoms with Crippen molar-refractivity contribution in [2.24, 2.45) is 0 Å². The number of nitrogens with one attached hydrogen (secondary N) is 1. The number of hydrogen-bond donors (Lipinski definition) is 1. The molecule has 42 heavy (non-hydrogen) atoms. The van der Waals surface area contributed by atoms with Crippen molar-refractivity contribution in [1.29, 1.82) is 0 Å². The minimum atomic E-state index is -3.55. The number of carbonyl (C=O) groups excluding carboxylic acids is 2. The third-order valence-corrected chi connectivity index (χ3v) is 8.85. The van der Waals surface area contributed by atoms with Crippen LogP contribution in [0.5, 0.6) is 5.75 Å². The summed E-state index contributed by atoms with van der Waals surface area (Å²) in [5, 5.41) is 3.21. The average Bonchev–Trinajstić information content (AvgIpc) is 3.50. The maximum atomic E-state index is 14.0. The fraction of sp³-hybridized carbons (Fsp3) is 0.394. The van der Waals surface area contributed by atoms with Gasteiger partial charge in [-0.25, -0.2) is 8.42 Å². The first-order chi connectivity index (χ1) is 20.2. The standard InChI is InChI=1S/C33H41N3O5S/c1-41-30-20-11-15-27(23-30)25-35(32(37)21-12-22-36(42(2,39)40)29-18-7-4-8-19-29)31(24-26-13-5-3-6-14-26)33(38)34-28-16-9-10-17-28/h3-8,11,13-15,18-20,23,28,31H,9-10,12,16-17,21-22,24-25H2,1-2H3,(H,34,38)/t31-/m1/s1. The fourth-order valence-corrected chi connectivity index (χ4v) is 6.45. The molecule has 9 heteroatoms. The van der Waals surface area contributed by atoms with Gasteiger partial charge in [-0.2, -0.15) is 0 Å². The van der Waals surface area contributed by atoms with E-state index in [1.807, 2.05) is 60.7 Å². The zero-order valence-electron chi connectivity index (χ0n) is 24.4. The number of amides is 2. The minimum absolute atomic E-state index is 0.0881. The summed E-state index contributed by atoms with van der Waals surface area (Å²) < 4.78 is 31.9. The van der Waals surface area contributed by atoms with Gasteiger partial charge in [0, 0.05) is 32.0 Å². The molecule has 1 aliphatic rings. The predicted molar refractivity (Wildman–Crippen MR) is 166 cm³/mol. The van der Waals surface area contributed by atoms with Crippen LogP contribution in [-0.4, -0.2) is 57.1 Å². The van der Waals surface area contributed by atoms with E-state index in [1.54, 1.807) is 36.3 Å². The van der Waals surface area contributed by atoms with E-state index in [4.69, 9.17) is 4.74 Å². The van der Waals surface area contributed by atoms with Gasteiger partial charge in [0.2, 0.25) is 21.8 Å². The van der Waals surface area contributed by atoms with Gasteiger partial charge in [0.05, 0.1) is 19.1 Å². The summed E-state index contributed by atoms with van der Waals surface area (Å²) in [6.45, 7) is 0.374. The smallest absolute Gasteiger partial charge is 0.243 e. The highest BCUT2D eigenvalue weighted by Gasteiger charge is 2.32. The molecule has 3 aromatic rings. The Hall–Kier alpha value is -3.85. The van der Waals surface area contributed by atoms with Crippen LogP contribution in [0.2, 0.25) is 0 Å². The molecular formula is C33H41N3O5S. The van der Waals surface area contributed by atoms with E-state index < -0.39 is 16.1 Å². The number of nitrogens with zero attached hydrogens (tertiary/aromatic N) is 2. The first-order valence-electron chi connectivity index (χ1n) is 14.5. The van der Waals surface area contributed by atoms with E-state index in [0.29, 0.717) is 24.3 Å². The van der Waals surface area contributed by atoms with Crippen LogP contribution in [-0.2, 0) is 32.6 Å². The first-order valence-corrected chi connectivity index (χ1v) is 16.4. The highest BCUT2D eigenvalue weighted by molar-refractivity contribution is 7.92. The Kier molecular flexibility index (Phi) is 11.0. The summed E-state index contributed by atoms with van der Waals surface area (Å²) in [6.07, 6.45) is 5.97. The lowest BCUT2D eigenvalue weighted by atomic mass is 10.0. The molecule has 0 bridgehead atoms. The molecule has 1 fully saturated rings. The second-order valence-electron chi connectivity index (χ2n) is 10.8. The van der Waals surface area contributed by atoms with Crippen molar-refractivity contribution in [3.05, 3.63) is 96.1 Å². The minimum Gasteiger partial charge on any atom is -0.497 e. The number of anilines is 1. The van der Waals surface area contributed by atoms with Gasteiger partial charge in [-0.15, -0.1) is 0 Å². The number of carbonyl (C=O) groups is 2. The number of sulfonamides is 1. The van der Waals surface area contributed by atoms with Gasteiger partial charge >= 0.3 is 0 Å². The second kappa shape index (κ2) is 14.9. The van der Waals surface area contributed by atoms with Crippen molar-refractivity contribution in [2.75, 3.05) is 24.2 Å². The van der Waals surface area contributed by atoms with Crippen molar-refractivity contribution < 1.29 is 22.7 Å². The van der Waals surface area contributed by atoms with Crippen LogP contribution >= 0.6 is 0 Å². The number of rotatable bonds is 14. The monoisotopic (exact) mass is 591 g/mol. The van der Waals surface area contributed by atoms with Crippen LogP contribution < -0.4 is 14.4 Å². The molecule has 0 aromatic heterocycles. The molecule has 2 amide bonds. The molecule has 0 saturated heterocycles. The Labute approximate surface area is 249 Å². The van der Waals surface area contributed by atoms with Crippen molar-refractivity contribution in [1.82, 2.24) is 10.2 Å². The predicted octanol–water partition coefficient (Wildman–Crippen LogP) is 4.94. The summed E-state index contributed by atoms with van der Waals surface area (Å²) in [4.78, 5) is 29.5.